The second kappa shape index (κ2) is 8.81. The zero-order valence-electron chi connectivity index (χ0n) is 17.2. The Balaban J connectivity index is 1.45. The molecule has 0 radical (unpaired) electrons. The molecule has 0 aromatic heterocycles. The van der Waals surface area contributed by atoms with E-state index in [0.29, 0.717) is 11.3 Å². The maximum absolute atomic E-state index is 12.8. The predicted octanol–water partition coefficient (Wildman–Crippen LogP) is 4.30. The van der Waals surface area contributed by atoms with Crippen LogP contribution in [-0.2, 0) is 16.4 Å². The van der Waals surface area contributed by atoms with E-state index in [1.807, 2.05) is 18.2 Å². The molecule has 1 aliphatic rings. The molecule has 0 saturated carbocycles. The van der Waals surface area contributed by atoms with Gasteiger partial charge >= 0.3 is 0 Å². The molecule has 160 valence electrons. The lowest BCUT2D eigenvalue weighted by Crippen LogP contribution is -2.31. The highest BCUT2D eigenvalue weighted by Crippen LogP contribution is 2.32. The molecule has 0 aliphatic heterocycles. The van der Waals surface area contributed by atoms with E-state index in [9.17, 15) is 13.2 Å². The number of hydrogen-bond acceptors (Lipinski definition) is 4. The van der Waals surface area contributed by atoms with E-state index >= 15 is 0 Å². The Morgan fingerprint density at radius 3 is 2.45 bits per heavy atom. The number of hydrogen-bond donors (Lipinski definition) is 2. The highest BCUT2D eigenvalue weighted by molar-refractivity contribution is 7.92. The number of fused-ring (bicyclic) bond motifs is 1. The van der Waals surface area contributed by atoms with Gasteiger partial charge in [0, 0.05) is 11.3 Å². The van der Waals surface area contributed by atoms with Gasteiger partial charge in [0.05, 0.1) is 18.0 Å². The molecule has 7 heteroatoms. The van der Waals surface area contributed by atoms with Gasteiger partial charge in [-0.15, -0.1) is 0 Å². The third kappa shape index (κ3) is 4.72. The lowest BCUT2D eigenvalue weighted by molar-refractivity contribution is 0.0933. The van der Waals surface area contributed by atoms with Gasteiger partial charge in [-0.3, -0.25) is 9.52 Å². The third-order valence-electron chi connectivity index (χ3n) is 5.42. The Labute approximate surface area is 182 Å². The first-order chi connectivity index (χ1) is 15.0. The Hall–Kier alpha value is -3.32. The fourth-order valence-electron chi connectivity index (χ4n) is 3.81. The first-order valence-electron chi connectivity index (χ1n) is 10.1. The van der Waals surface area contributed by atoms with Crippen molar-refractivity contribution in [3.8, 4) is 5.75 Å². The fraction of sp³-hybridized carbons (Fsp3) is 0.208. The molecule has 31 heavy (non-hydrogen) atoms. The Bertz CT molecular complexity index is 1180. The summed E-state index contributed by atoms with van der Waals surface area (Å²) in [6.07, 6.45) is 2.83. The molecule has 1 aliphatic carbocycles. The molecular formula is C24H24N2O4S. The maximum Gasteiger partial charge on any atom is 0.261 e. The van der Waals surface area contributed by atoms with E-state index in [-0.39, 0.29) is 16.8 Å². The number of methoxy groups -OCH3 is 1. The molecule has 0 spiro atoms. The van der Waals surface area contributed by atoms with Gasteiger partial charge in [-0.2, -0.15) is 0 Å². The van der Waals surface area contributed by atoms with Gasteiger partial charge in [-0.25, -0.2) is 8.42 Å². The van der Waals surface area contributed by atoms with Crippen LogP contribution in [0.1, 0.15) is 40.4 Å². The number of benzene rings is 3. The number of carbonyl (C=O) groups is 1. The van der Waals surface area contributed by atoms with E-state index in [1.54, 1.807) is 49.6 Å². The van der Waals surface area contributed by atoms with Crippen molar-refractivity contribution >= 4 is 21.6 Å². The van der Waals surface area contributed by atoms with Gasteiger partial charge in [0.1, 0.15) is 5.75 Å². The van der Waals surface area contributed by atoms with Gasteiger partial charge < -0.3 is 10.1 Å². The van der Waals surface area contributed by atoms with Crippen molar-refractivity contribution in [3.05, 3.63) is 89.5 Å². The molecule has 4 rings (SSSR count). The van der Waals surface area contributed by atoms with Gasteiger partial charge in [0.15, 0.2) is 0 Å². The maximum atomic E-state index is 12.8. The summed E-state index contributed by atoms with van der Waals surface area (Å²) in [6, 6.07) is 20.5. The number of rotatable bonds is 6. The monoisotopic (exact) mass is 436 g/mol. The van der Waals surface area contributed by atoms with Gasteiger partial charge in [-0.1, -0.05) is 24.3 Å². The number of nitrogens with one attached hydrogen (secondary N) is 2. The van der Waals surface area contributed by atoms with Crippen molar-refractivity contribution in [1.29, 1.82) is 0 Å². The molecule has 0 bridgehead atoms. The highest BCUT2D eigenvalue weighted by atomic mass is 32.2. The summed E-state index contributed by atoms with van der Waals surface area (Å²) in [7, 11) is -2.02. The quantitative estimate of drug-likeness (QED) is 0.603. The van der Waals surface area contributed by atoms with Crippen LogP contribution in [0.15, 0.2) is 77.7 Å². The Morgan fingerprint density at radius 1 is 1.00 bits per heavy atom. The molecule has 0 unspecified atom stereocenters. The van der Waals surface area contributed by atoms with Gasteiger partial charge in [0.2, 0.25) is 0 Å². The fourth-order valence-corrected chi connectivity index (χ4v) is 4.89. The molecule has 0 heterocycles. The second-order valence-electron chi connectivity index (χ2n) is 7.48. The average Bonchev–Trinajstić information content (AvgIpc) is 2.79. The minimum atomic E-state index is -3.67. The molecule has 0 fully saturated rings. The number of carbonyl (C=O) groups excluding carboxylic acids is 1. The van der Waals surface area contributed by atoms with Crippen LogP contribution < -0.4 is 14.8 Å². The van der Waals surface area contributed by atoms with Crippen LogP contribution in [0, 0.1) is 0 Å². The molecule has 1 atom stereocenters. The first-order valence-corrected chi connectivity index (χ1v) is 11.6. The molecule has 3 aromatic rings. The van der Waals surface area contributed by atoms with Crippen molar-refractivity contribution in [2.45, 2.75) is 30.2 Å². The van der Waals surface area contributed by atoms with E-state index in [0.717, 1.165) is 30.6 Å². The number of ether oxygens (including phenoxy) is 1. The summed E-state index contributed by atoms with van der Waals surface area (Å²) in [6.45, 7) is 0. The second-order valence-corrected chi connectivity index (χ2v) is 9.16. The number of amides is 1. The molecular weight excluding hydrogens is 412 g/mol. The van der Waals surface area contributed by atoms with E-state index in [2.05, 4.69) is 10.0 Å². The zero-order valence-corrected chi connectivity index (χ0v) is 18.0. The van der Waals surface area contributed by atoms with Crippen LogP contribution in [0.5, 0.6) is 5.75 Å². The van der Waals surface area contributed by atoms with E-state index in [1.165, 1.54) is 17.7 Å². The van der Waals surface area contributed by atoms with Crippen LogP contribution in [0.4, 0.5) is 5.69 Å². The molecule has 1 amide bonds. The molecule has 6 nitrogen and oxygen atoms in total. The van der Waals surface area contributed by atoms with Crippen LogP contribution in [0.2, 0.25) is 0 Å². The lowest BCUT2D eigenvalue weighted by Gasteiger charge is -2.27. The summed E-state index contributed by atoms with van der Waals surface area (Å²) in [5, 5.41) is 3.10. The minimum absolute atomic E-state index is 0.0570. The average molecular weight is 437 g/mol. The standard InChI is InChI=1S/C24H24N2O4S/c1-30-20-14-15-22-18(16-20)6-5-9-23(22)25-24(27)17-10-12-19(13-11-17)26-31(28,29)21-7-3-2-4-8-21/h2-4,7-8,10-16,23,26H,5-6,9H2,1H3,(H,25,27)/t23-/m0/s1. The SMILES string of the molecule is COc1ccc2c(c1)CCC[C@@H]2NC(=O)c1ccc(NS(=O)(=O)c2ccccc2)cc1. The van der Waals surface area contributed by atoms with E-state index in [4.69, 9.17) is 4.74 Å². The smallest absolute Gasteiger partial charge is 0.261 e. The van der Waals surface area contributed by atoms with Crippen LogP contribution in [0.25, 0.3) is 0 Å². The van der Waals surface area contributed by atoms with Crippen molar-refractivity contribution in [1.82, 2.24) is 5.32 Å². The summed E-state index contributed by atoms with van der Waals surface area (Å²) in [5.74, 6) is 0.630. The van der Waals surface area contributed by atoms with Crippen molar-refractivity contribution in [2.24, 2.45) is 0 Å². The number of aryl methyl sites for hydroxylation is 1. The van der Waals surface area contributed by atoms with Gasteiger partial charge in [0.25, 0.3) is 15.9 Å². The largest absolute Gasteiger partial charge is 0.497 e. The molecule has 3 aromatic carbocycles. The molecule has 2 N–H and O–H groups in total. The topological polar surface area (TPSA) is 84.5 Å². The summed E-state index contributed by atoms with van der Waals surface area (Å²) < 4.78 is 32.7. The number of anilines is 1. The van der Waals surface area contributed by atoms with Crippen LogP contribution >= 0.6 is 0 Å². The highest BCUT2D eigenvalue weighted by Gasteiger charge is 2.23. The zero-order chi connectivity index (χ0) is 21.8. The third-order valence-corrected chi connectivity index (χ3v) is 6.82. The van der Waals surface area contributed by atoms with Crippen molar-refractivity contribution in [2.75, 3.05) is 11.8 Å². The summed E-state index contributed by atoms with van der Waals surface area (Å²) in [5.41, 5.74) is 3.19. The lowest BCUT2D eigenvalue weighted by atomic mass is 9.87. The number of sulfonamides is 1. The van der Waals surface area contributed by atoms with Crippen molar-refractivity contribution < 1.29 is 17.9 Å². The molecule has 0 saturated heterocycles. The van der Waals surface area contributed by atoms with Crippen LogP contribution in [-0.4, -0.2) is 21.4 Å². The first kappa shape index (κ1) is 20.9. The van der Waals surface area contributed by atoms with Crippen molar-refractivity contribution in [3.63, 3.8) is 0 Å². The predicted molar refractivity (Wildman–Crippen MR) is 120 cm³/mol. The Kier molecular flexibility index (Phi) is 5.95. The van der Waals surface area contributed by atoms with Crippen LogP contribution in [0.3, 0.4) is 0 Å². The summed E-state index contributed by atoms with van der Waals surface area (Å²) >= 11 is 0. The normalized spacial score (nSPS) is 15.6. The van der Waals surface area contributed by atoms with E-state index < -0.39 is 10.0 Å². The minimum Gasteiger partial charge on any atom is -0.497 e. The van der Waals surface area contributed by atoms with Gasteiger partial charge in [-0.05, 0) is 78.9 Å². The Morgan fingerprint density at radius 2 is 1.74 bits per heavy atom. The summed E-state index contributed by atoms with van der Waals surface area (Å²) in [4.78, 5) is 13.0.